The third-order valence-electron chi connectivity index (χ3n) is 9.27. The number of fused-ring (bicyclic) bond motifs is 2. The minimum atomic E-state index is -0.867. The summed E-state index contributed by atoms with van der Waals surface area (Å²) >= 11 is 5.38. The number of esters is 1. The van der Waals surface area contributed by atoms with Crippen LogP contribution in [0.15, 0.2) is 67.8 Å². The SMILES string of the molecule is C=CCCOC(=O)[C@H]1[C@@H]2SC3(CC2Br)C(C(=O)N(CC=C)c2ccc4ccccc4c2)N([C@@H](CO)[C@@H](C)CC)C(=O)[C@H]13. The molecule has 8 atom stereocenters. The Balaban J connectivity index is 1.61. The number of halogens is 1. The topological polar surface area (TPSA) is 87.2 Å². The Bertz CT molecular complexity index is 1390. The van der Waals surface area contributed by atoms with Crippen LogP contribution in [0, 0.1) is 17.8 Å². The summed E-state index contributed by atoms with van der Waals surface area (Å²) in [4.78, 5) is 46.2. The quantitative estimate of drug-likeness (QED) is 0.144. The van der Waals surface area contributed by atoms with Gasteiger partial charge in [0, 0.05) is 22.3 Å². The van der Waals surface area contributed by atoms with Gasteiger partial charge in [0.05, 0.1) is 35.8 Å². The number of alkyl halides is 1. The molecular weight excluding hydrogens is 616 g/mol. The van der Waals surface area contributed by atoms with Crippen LogP contribution >= 0.6 is 27.7 Å². The maximum atomic E-state index is 14.9. The lowest BCUT2D eigenvalue weighted by Crippen LogP contribution is -2.59. The van der Waals surface area contributed by atoms with Crippen molar-refractivity contribution in [2.75, 3.05) is 24.7 Å². The molecule has 2 amide bonds. The average Bonchev–Trinajstić information content (AvgIpc) is 3.59. The van der Waals surface area contributed by atoms with Gasteiger partial charge in [-0.05, 0) is 41.7 Å². The van der Waals surface area contributed by atoms with E-state index < -0.39 is 34.6 Å². The van der Waals surface area contributed by atoms with Crippen molar-refractivity contribution in [3.05, 3.63) is 67.8 Å². The van der Waals surface area contributed by atoms with E-state index in [1.54, 1.807) is 33.7 Å². The number of thioether (sulfide) groups is 1. The van der Waals surface area contributed by atoms with Crippen LogP contribution in [0.5, 0.6) is 0 Å². The predicted molar refractivity (Wildman–Crippen MR) is 172 cm³/mol. The third kappa shape index (κ3) is 5.01. The lowest BCUT2D eigenvalue weighted by molar-refractivity contribution is -0.154. The Morgan fingerprint density at radius 1 is 1.24 bits per heavy atom. The fourth-order valence-corrected chi connectivity index (χ4v) is 10.7. The van der Waals surface area contributed by atoms with E-state index in [9.17, 15) is 19.5 Å². The highest BCUT2D eigenvalue weighted by Crippen LogP contribution is 2.68. The summed E-state index contributed by atoms with van der Waals surface area (Å²) in [6.45, 7) is 11.8. The van der Waals surface area contributed by atoms with Gasteiger partial charge < -0.3 is 19.6 Å². The zero-order chi connectivity index (χ0) is 30.2. The molecule has 3 saturated heterocycles. The first-order valence-electron chi connectivity index (χ1n) is 14.7. The molecule has 3 heterocycles. The van der Waals surface area contributed by atoms with E-state index in [4.69, 9.17) is 4.74 Å². The summed E-state index contributed by atoms with van der Waals surface area (Å²) in [6.07, 6.45) is 5.17. The molecule has 0 radical (unpaired) electrons. The molecular formula is C33H39BrN2O5S. The van der Waals surface area contributed by atoms with Crippen LogP contribution < -0.4 is 4.90 Å². The second-order valence-corrected chi connectivity index (χ2v) is 14.3. The zero-order valence-electron chi connectivity index (χ0n) is 24.2. The number of ether oxygens (including phenoxy) is 1. The van der Waals surface area contributed by atoms with Gasteiger partial charge in [0.25, 0.3) is 5.91 Å². The number of carbonyl (C=O) groups is 3. The fraction of sp³-hybridized carbons (Fsp3) is 0.485. The third-order valence-corrected chi connectivity index (χ3v) is 12.5. The number of likely N-dealkylation sites (tertiary alicyclic amines) is 1. The monoisotopic (exact) mass is 654 g/mol. The number of nitrogens with zero attached hydrogens (tertiary/aromatic N) is 2. The van der Waals surface area contributed by atoms with Crippen molar-refractivity contribution >= 4 is 61.9 Å². The van der Waals surface area contributed by atoms with Crippen molar-refractivity contribution in [1.82, 2.24) is 4.90 Å². The van der Waals surface area contributed by atoms with Crippen LogP contribution in [-0.2, 0) is 19.1 Å². The first-order valence-corrected chi connectivity index (χ1v) is 16.5. The van der Waals surface area contributed by atoms with E-state index in [2.05, 4.69) is 29.1 Å². The summed E-state index contributed by atoms with van der Waals surface area (Å²) in [5.74, 6) is -2.34. The maximum Gasteiger partial charge on any atom is 0.310 e. The highest BCUT2D eigenvalue weighted by molar-refractivity contribution is 9.09. The summed E-state index contributed by atoms with van der Waals surface area (Å²) in [5.41, 5.74) is 0.711. The Morgan fingerprint density at radius 2 is 1.98 bits per heavy atom. The Morgan fingerprint density at radius 3 is 2.64 bits per heavy atom. The molecule has 3 unspecified atom stereocenters. The van der Waals surface area contributed by atoms with E-state index >= 15 is 0 Å². The summed E-state index contributed by atoms with van der Waals surface area (Å²) < 4.78 is 4.79. The van der Waals surface area contributed by atoms with Gasteiger partial charge in [-0.25, -0.2) is 0 Å². The molecule has 1 spiro atoms. The standard InChI is InChI=1S/C33H39BrN2O5S/c1-5-8-16-41-32(40)26-27-30(38)36(25(19-37)20(4)7-3)29(33(27)18-24(34)28(26)42-33)31(39)35(15-6-2)23-14-13-21-11-9-10-12-22(21)17-23/h5-6,9-14,17,20,24-29,37H,1-2,7-8,15-16,18-19H2,3-4H3/t20-,24?,25-,26+,27-,28+,29?,33?/m0/s1. The molecule has 7 nitrogen and oxygen atoms in total. The van der Waals surface area contributed by atoms with Gasteiger partial charge >= 0.3 is 5.97 Å². The van der Waals surface area contributed by atoms with Crippen molar-refractivity contribution in [3.8, 4) is 0 Å². The van der Waals surface area contributed by atoms with Crippen LogP contribution in [0.1, 0.15) is 33.1 Å². The van der Waals surface area contributed by atoms with Crippen LogP contribution in [0.2, 0.25) is 0 Å². The lowest BCUT2D eigenvalue weighted by atomic mass is 9.71. The summed E-state index contributed by atoms with van der Waals surface area (Å²) in [6, 6.07) is 12.4. The number of hydrogen-bond acceptors (Lipinski definition) is 6. The van der Waals surface area contributed by atoms with E-state index in [1.165, 1.54) is 0 Å². The van der Waals surface area contributed by atoms with Crippen molar-refractivity contribution < 1.29 is 24.2 Å². The van der Waals surface area contributed by atoms with Gasteiger partial charge in [-0.1, -0.05) is 78.7 Å². The average molecular weight is 656 g/mol. The van der Waals surface area contributed by atoms with Gasteiger partial charge in [0.15, 0.2) is 0 Å². The molecule has 2 aromatic rings. The fourth-order valence-electron chi connectivity index (χ4n) is 7.07. The second-order valence-electron chi connectivity index (χ2n) is 11.6. The second kappa shape index (κ2) is 12.5. The van der Waals surface area contributed by atoms with E-state index in [0.29, 0.717) is 18.5 Å². The highest BCUT2D eigenvalue weighted by atomic mass is 79.9. The molecule has 1 N–H and O–H groups in total. The van der Waals surface area contributed by atoms with Crippen LogP contribution in [0.4, 0.5) is 5.69 Å². The molecule has 2 aromatic carbocycles. The normalized spacial score (nSPS) is 29.3. The molecule has 5 rings (SSSR count). The van der Waals surface area contributed by atoms with Crippen molar-refractivity contribution in [2.45, 2.75) is 60.0 Å². The molecule has 224 valence electrons. The number of amides is 2. The Hall–Kier alpha value is -2.62. The number of aliphatic hydroxyl groups is 1. The minimum absolute atomic E-state index is 0.0574. The van der Waals surface area contributed by atoms with Crippen LogP contribution in [0.3, 0.4) is 0 Å². The van der Waals surface area contributed by atoms with Gasteiger partial charge in [0.1, 0.15) is 6.04 Å². The molecule has 2 bridgehead atoms. The highest BCUT2D eigenvalue weighted by Gasteiger charge is 2.77. The van der Waals surface area contributed by atoms with Gasteiger partial charge in [-0.3, -0.25) is 14.4 Å². The number of benzene rings is 2. The number of rotatable bonds is 12. The first kappa shape index (κ1) is 30.8. The largest absolute Gasteiger partial charge is 0.465 e. The lowest BCUT2D eigenvalue weighted by Gasteiger charge is -2.41. The first-order chi connectivity index (χ1) is 20.2. The number of anilines is 1. The molecule has 0 aliphatic carbocycles. The van der Waals surface area contributed by atoms with Gasteiger partial charge in [-0.15, -0.1) is 24.9 Å². The molecule has 42 heavy (non-hydrogen) atoms. The molecule has 9 heteroatoms. The summed E-state index contributed by atoms with van der Waals surface area (Å²) in [7, 11) is 0. The number of carbonyl (C=O) groups excluding carboxylic acids is 3. The zero-order valence-corrected chi connectivity index (χ0v) is 26.6. The van der Waals surface area contributed by atoms with Gasteiger partial charge in [-0.2, -0.15) is 0 Å². The Kier molecular flexibility index (Phi) is 9.21. The van der Waals surface area contributed by atoms with Crippen molar-refractivity contribution in [3.63, 3.8) is 0 Å². The molecule has 0 aromatic heterocycles. The number of aliphatic hydroxyl groups excluding tert-OH is 1. The maximum absolute atomic E-state index is 14.9. The molecule has 3 fully saturated rings. The number of hydrogen-bond donors (Lipinski definition) is 1. The van der Waals surface area contributed by atoms with E-state index in [-0.39, 0.29) is 47.6 Å². The van der Waals surface area contributed by atoms with Crippen molar-refractivity contribution in [1.29, 1.82) is 0 Å². The molecule has 0 saturated carbocycles. The van der Waals surface area contributed by atoms with Gasteiger partial charge in [0.2, 0.25) is 5.91 Å². The molecule has 3 aliphatic rings. The predicted octanol–water partition coefficient (Wildman–Crippen LogP) is 5.35. The van der Waals surface area contributed by atoms with E-state index in [1.807, 2.05) is 56.3 Å². The van der Waals surface area contributed by atoms with Crippen LogP contribution in [0.25, 0.3) is 10.8 Å². The van der Waals surface area contributed by atoms with Crippen molar-refractivity contribution in [2.24, 2.45) is 17.8 Å². The minimum Gasteiger partial charge on any atom is -0.465 e. The van der Waals surface area contributed by atoms with E-state index in [0.717, 1.165) is 17.2 Å². The summed E-state index contributed by atoms with van der Waals surface area (Å²) in [5, 5.41) is 12.5. The Labute approximate surface area is 260 Å². The molecule has 3 aliphatic heterocycles. The smallest absolute Gasteiger partial charge is 0.310 e. The van der Waals surface area contributed by atoms with Crippen LogP contribution in [-0.4, -0.2) is 74.5 Å².